The van der Waals surface area contributed by atoms with Gasteiger partial charge in [0.1, 0.15) is 0 Å². The molecule has 0 saturated heterocycles. The first kappa shape index (κ1) is 13.2. The van der Waals surface area contributed by atoms with Gasteiger partial charge in [0.25, 0.3) is 5.91 Å². The molecule has 2 aromatic carbocycles. The molecule has 0 fully saturated rings. The number of nitrogens with two attached hydrogens (primary N) is 1. The number of hydrazine groups is 1. The van der Waals surface area contributed by atoms with Gasteiger partial charge in [-0.1, -0.05) is 43.7 Å². The summed E-state index contributed by atoms with van der Waals surface area (Å²) in [7, 11) is 0. The molecule has 0 unspecified atom stereocenters. The van der Waals surface area contributed by atoms with Crippen molar-refractivity contribution in [1.29, 1.82) is 0 Å². The zero-order chi connectivity index (χ0) is 12.8. The van der Waals surface area contributed by atoms with E-state index in [0.717, 1.165) is 10.8 Å². The quantitative estimate of drug-likeness (QED) is 0.449. The van der Waals surface area contributed by atoms with Crippen molar-refractivity contribution in [3.05, 3.63) is 47.5 Å². The molecule has 17 heavy (non-hydrogen) atoms. The molecule has 3 nitrogen and oxygen atoms in total. The number of hydrogen-bond donors (Lipinski definition) is 2. The third-order valence-corrected chi connectivity index (χ3v) is 2.39. The van der Waals surface area contributed by atoms with Gasteiger partial charge in [-0.2, -0.15) is 0 Å². The molecule has 0 aliphatic rings. The van der Waals surface area contributed by atoms with Crippen LogP contribution in [0.15, 0.2) is 36.4 Å². The Morgan fingerprint density at radius 3 is 2.29 bits per heavy atom. The van der Waals surface area contributed by atoms with Crippen LogP contribution in [0.4, 0.5) is 0 Å². The fourth-order valence-corrected chi connectivity index (χ4v) is 1.59. The molecule has 3 N–H and O–H groups in total. The number of nitrogen functional groups attached to an aromatic ring is 1. The second kappa shape index (κ2) is 6.01. The van der Waals surface area contributed by atoms with Gasteiger partial charge >= 0.3 is 0 Å². The zero-order valence-corrected chi connectivity index (χ0v) is 10.4. The first-order chi connectivity index (χ1) is 8.20. The van der Waals surface area contributed by atoms with Crippen LogP contribution in [-0.4, -0.2) is 5.91 Å². The van der Waals surface area contributed by atoms with Gasteiger partial charge in [-0.25, -0.2) is 5.84 Å². The first-order valence-corrected chi connectivity index (χ1v) is 5.72. The molecule has 0 aromatic heterocycles. The summed E-state index contributed by atoms with van der Waals surface area (Å²) in [6.45, 7) is 6.04. The van der Waals surface area contributed by atoms with Crippen molar-refractivity contribution in [1.82, 2.24) is 5.43 Å². The molecule has 2 aromatic rings. The van der Waals surface area contributed by atoms with Gasteiger partial charge in [0, 0.05) is 5.56 Å². The van der Waals surface area contributed by atoms with E-state index in [1.165, 1.54) is 5.56 Å². The van der Waals surface area contributed by atoms with Crippen molar-refractivity contribution in [2.45, 2.75) is 20.8 Å². The highest BCUT2D eigenvalue weighted by atomic mass is 16.2. The Labute approximate surface area is 102 Å². The molecule has 0 spiro atoms. The number of nitrogens with one attached hydrogen (secondary N) is 1. The van der Waals surface area contributed by atoms with E-state index in [1.807, 2.05) is 45.0 Å². The van der Waals surface area contributed by atoms with Gasteiger partial charge in [-0.15, -0.1) is 0 Å². The summed E-state index contributed by atoms with van der Waals surface area (Å²) >= 11 is 0. The van der Waals surface area contributed by atoms with Gasteiger partial charge in [-0.05, 0) is 29.8 Å². The summed E-state index contributed by atoms with van der Waals surface area (Å²) in [6, 6.07) is 11.6. The van der Waals surface area contributed by atoms with E-state index in [9.17, 15) is 4.79 Å². The third-order valence-electron chi connectivity index (χ3n) is 2.39. The Balaban J connectivity index is 0.000000686. The lowest BCUT2D eigenvalue weighted by atomic mass is 10.0. The van der Waals surface area contributed by atoms with Crippen LogP contribution in [0.5, 0.6) is 0 Å². The van der Waals surface area contributed by atoms with Gasteiger partial charge < -0.3 is 0 Å². The molecule has 3 heteroatoms. The minimum atomic E-state index is -0.266. The van der Waals surface area contributed by atoms with E-state index in [-0.39, 0.29) is 5.91 Å². The van der Waals surface area contributed by atoms with E-state index in [0.29, 0.717) is 5.56 Å². The van der Waals surface area contributed by atoms with Crippen LogP contribution in [0.3, 0.4) is 0 Å². The number of rotatable bonds is 1. The maximum absolute atomic E-state index is 11.3. The van der Waals surface area contributed by atoms with E-state index >= 15 is 0 Å². The molecule has 0 saturated carbocycles. The summed E-state index contributed by atoms with van der Waals surface area (Å²) in [5.41, 5.74) is 3.90. The van der Waals surface area contributed by atoms with Gasteiger partial charge in [0.15, 0.2) is 0 Å². The fraction of sp³-hybridized carbons (Fsp3) is 0.214. The van der Waals surface area contributed by atoms with E-state index < -0.39 is 0 Å². The van der Waals surface area contributed by atoms with Crippen LogP contribution in [0.25, 0.3) is 10.8 Å². The molecular weight excluding hydrogens is 212 g/mol. The van der Waals surface area contributed by atoms with Crippen molar-refractivity contribution in [2.75, 3.05) is 0 Å². The average molecular weight is 230 g/mol. The minimum Gasteiger partial charge on any atom is -0.290 e. The lowest BCUT2D eigenvalue weighted by Crippen LogP contribution is -2.29. The van der Waals surface area contributed by atoms with E-state index in [4.69, 9.17) is 5.84 Å². The number of benzene rings is 2. The van der Waals surface area contributed by atoms with Crippen LogP contribution in [-0.2, 0) is 0 Å². The molecule has 0 aliphatic heterocycles. The second-order valence-electron chi connectivity index (χ2n) is 3.54. The third kappa shape index (κ3) is 3.04. The van der Waals surface area contributed by atoms with E-state index in [2.05, 4.69) is 11.5 Å². The Kier molecular flexibility index (Phi) is 4.67. The van der Waals surface area contributed by atoms with Crippen LogP contribution in [0.2, 0.25) is 0 Å². The topological polar surface area (TPSA) is 55.1 Å². The molecule has 90 valence electrons. The molecule has 0 radical (unpaired) electrons. The molecule has 0 heterocycles. The Hall–Kier alpha value is -1.87. The van der Waals surface area contributed by atoms with Crippen molar-refractivity contribution >= 4 is 16.7 Å². The fourth-order valence-electron chi connectivity index (χ4n) is 1.59. The highest BCUT2D eigenvalue weighted by Crippen LogP contribution is 2.17. The van der Waals surface area contributed by atoms with Crippen LogP contribution in [0.1, 0.15) is 29.8 Å². The van der Waals surface area contributed by atoms with Crippen molar-refractivity contribution in [2.24, 2.45) is 5.84 Å². The normalized spacial score (nSPS) is 9.41. The zero-order valence-electron chi connectivity index (χ0n) is 10.4. The number of carbonyl (C=O) groups excluding carboxylic acids is 1. The average Bonchev–Trinajstić information content (AvgIpc) is 2.39. The lowest BCUT2D eigenvalue weighted by molar-refractivity contribution is 0.0954. The van der Waals surface area contributed by atoms with Crippen LogP contribution in [0, 0.1) is 6.92 Å². The highest BCUT2D eigenvalue weighted by Gasteiger charge is 2.03. The standard InChI is InChI=1S/C12H12N2O.C2H6/c1-8-2-3-10-7-11(12(15)14-13)5-4-9(10)6-8;1-2/h2-7H,13H2,1H3,(H,14,15);1-2H3. The van der Waals surface area contributed by atoms with Crippen molar-refractivity contribution in [3.8, 4) is 0 Å². The second-order valence-corrected chi connectivity index (χ2v) is 3.54. The van der Waals surface area contributed by atoms with Gasteiger partial charge in [-0.3, -0.25) is 10.2 Å². The lowest BCUT2D eigenvalue weighted by Gasteiger charge is -2.03. The maximum atomic E-state index is 11.3. The molecule has 0 bridgehead atoms. The number of amides is 1. The monoisotopic (exact) mass is 230 g/mol. The van der Waals surface area contributed by atoms with Gasteiger partial charge in [0.05, 0.1) is 0 Å². The molecule has 0 aliphatic carbocycles. The Morgan fingerprint density at radius 1 is 1.06 bits per heavy atom. The molecular formula is C14H18N2O. The van der Waals surface area contributed by atoms with Crippen LogP contribution >= 0.6 is 0 Å². The first-order valence-electron chi connectivity index (χ1n) is 5.72. The summed E-state index contributed by atoms with van der Waals surface area (Å²) in [6.07, 6.45) is 0. The molecule has 0 atom stereocenters. The summed E-state index contributed by atoms with van der Waals surface area (Å²) in [5.74, 6) is 4.81. The van der Waals surface area contributed by atoms with Crippen molar-refractivity contribution < 1.29 is 4.79 Å². The number of carbonyl (C=O) groups is 1. The van der Waals surface area contributed by atoms with Gasteiger partial charge in [0.2, 0.25) is 0 Å². The largest absolute Gasteiger partial charge is 0.290 e. The Morgan fingerprint density at radius 2 is 1.65 bits per heavy atom. The summed E-state index contributed by atoms with van der Waals surface area (Å²) in [5, 5.41) is 2.17. The number of hydrogen-bond acceptors (Lipinski definition) is 2. The summed E-state index contributed by atoms with van der Waals surface area (Å²) < 4.78 is 0. The SMILES string of the molecule is CC.Cc1ccc2cc(C(=O)NN)ccc2c1. The number of aryl methyl sites for hydroxylation is 1. The smallest absolute Gasteiger partial charge is 0.265 e. The minimum absolute atomic E-state index is 0.266. The maximum Gasteiger partial charge on any atom is 0.265 e. The van der Waals surface area contributed by atoms with Crippen molar-refractivity contribution in [3.63, 3.8) is 0 Å². The molecule has 1 amide bonds. The summed E-state index contributed by atoms with van der Waals surface area (Å²) in [4.78, 5) is 11.3. The highest BCUT2D eigenvalue weighted by molar-refractivity contribution is 5.98. The Bertz CT molecular complexity index is 521. The predicted octanol–water partition coefficient (Wildman–Crippen LogP) is 2.78. The van der Waals surface area contributed by atoms with Crippen LogP contribution < -0.4 is 11.3 Å². The van der Waals surface area contributed by atoms with E-state index in [1.54, 1.807) is 6.07 Å². The number of fused-ring (bicyclic) bond motifs is 1. The molecule has 2 rings (SSSR count). The predicted molar refractivity (Wildman–Crippen MR) is 71.7 cm³/mol.